The molecule has 0 radical (unpaired) electrons. The molecule has 0 aromatic carbocycles. The van der Waals surface area contributed by atoms with Crippen LogP contribution in [0.15, 0.2) is 0 Å². The Morgan fingerprint density at radius 2 is 2.13 bits per heavy atom. The van der Waals surface area contributed by atoms with E-state index >= 15 is 0 Å². The van der Waals surface area contributed by atoms with Gasteiger partial charge < -0.3 is 10.4 Å². The molecule has 2 N–H and O–H groups in total. The lowest BCUT2D eigenvalue weighted by molar-refractivity contribution is -0.157. The van der Waals surface area contributed by atoms with Crippen molar-refractivity contribution in [3.8, 4) is 6.07 Å². The van der Waals surface area contributed by atoms with Gasteiger partial charge in [0.05, 0.1) is 6.07 Å². The molecule has 0 fully saturated rings. The first kappa shape index (κ1) is 13.7. The van der Waals surface area contributed by atoms with Crippen LogP contribution in [0.5, 0.6) is 0 Å². The molecule has 0 heterocycles. The number of nitriles is 1. The zero-order valence-corrected chi connectivity index (χ0v) is 7.84. The van der Waals surface area contributed by atoms with Gasteiger partial charge in [-0.25, -0.2) is 0 Å². The third-order valence-corrected chi connectivity index (χ3v) is 1.64. The fourth-order valence-corrected chi connectivity index (χ4v) is 0.846. The predicted molar refractivity (Wildman–Crippen MR) is 44.9 cm³/mol. The molecule has 0 bridgehead atoms. The van der Waals surface area contributed by atoms with Crippen LogP contribution in [0, 0.1) is 17.2 Å². The minimum Gasteiger partial charge on any atom is -0.481 e. The van der Waals surface area contributed by atoms with E-state index < -0.39 is 24.6 Å². The number of nitrogens with zero attached hydrogens (tertiary/aromatic N) is 1. The fourth-order valence-electron chi connectivity index (χ4n) is 0.846. The lowest BCUT2D eigenvalue weighted by atomic mass is 10.1. The van der Waals surface area contributed by atoms with Crippen LogP contribution in [0.3, 0.4) is 0 Å². The van der Waals surface area contributed by atoms with Crippen molar-refractivity contribution in [2.75, 3.05) is 13.1 Å². The van der Waals surface area contributed by atoms with Crippen molar-refractivity contribution in [2.45, 2.75) is 19.0 Å². The molecule has 15 heavy (non-hydrogen) atoms. The Kier molecular flexibility index (Phi) is 5.70. The number of nitrogens with one attached hydrogen (secondary N) is 1. The number of carbonyl (C=O) groups is 1. The summed E-state index contributed by atoms with van der Waals surface area (Å²) in [6.07, 6.45) is -4.39. The highest BCUT2D eigenvalue weighted by molar-refractivity contribution is 5.66. The maximum Gasteiger partial charge on any atom is 0.405 e. The van der Waals surface area contributed by atoms with Gasteiger partial charge in [0, 0.05) is 13.0 Å². The van der Waals surface area contributed by atoms with Crippen molar-refractivity contribution >= 4 is 5.97 Å². The molecular weight excluding hydrogens is 213 g/mol. The van der Waals surface area contributed by atoms with Gasteiger partial charge in [-0.3, -0.25) is 4.79 Å². The summed E-state index contributed by atoms with van der Waals surface area (Å²) in [5, 5.41) is 18.8. The van der Waals surface area contributed by atoms with E-state index in [0.717, 1.165) is 6.07 Å². The second-order valence-electron chi connectivity index (χ2n) is 2.92. The van der Waals surface area contributed by atoms with Crippen LogP contribution in [0.4, 0.5) is 13.2 Å². The summed E-state index contributed by atoms with van der Waals surface area (Å²) in [5.41, 5.74) is 0. The molecule has 0 saturated heterocycles. The van der Waals surface area contributed by atoms with Gasteiger partial charge in [0.1, 0.15) is 0 Å². The number of hydrogen-bond donors (Lipinski definition) is 2. The molecule has 0 spiro atoms. The Labute approximate surface area is 84.7 Å². The third-order valence-electron chi connectivity index (χ3n) is 1.64. The molecule has 0 aliphatic carbocycles. The van der Waals surface area contributed by atoms with Crippen LogP contribution < -0.4 is 5.32 Å². The summed E-state index contributed by atoms with van der Waals surface area (Å²) in [5.74, 6) is -3.04. The second kappa shape index (κ2) is 6.24. The van der Waals surface area contributed by atoms with Crippen LogP contribution in [-0.2, 0) is 4.79 Å². The highest BCUT2D eigenvalue weighted by Crippen LogP contribution is 2.24. The van der Waals surface area contributed by atoms with Crippen molar-refractivity contribution in [2.24, 2.45) is 5.92 Å². The first-order chi connectivity index (χ1) is 6.88. The highest BCUT2D eigenvalue weighted by atomic mass is 19.4. The van der Waals surface area contributed by atoms with Gasteiger partial charge in [-0.15, -0.1) is 0 Å². The molecule has 0 aromatic heterocycles. The number of rotatable bonds is 6. The van der Waals surface area contributed by atoms with E-state index in [0.29, 0.717) is 0 Å². The summed E-state index contributed by atoms with van der Waals surface area (Å²) in [6.45, 7) is -0.347. The van der Waals surface area contributed by atoms with Crippen molar-refractivity contribution in [3.05, 3.63) is 0 Å². The van der Waals surface area contributed by atoms with E-state index in [4.69, 9.17) is 10.4 Å². The number of aliphatic carboxylic acids is 1. The zero-order chi connectivity index (χ0) is 11.9. The molecule has 0 rings (SSSR count). The fraction of sp³-hybridized carbons (Fsp3) is 0.750. The number of halogens is 3. The van der Waals surface area contributed by atoms with Gasteiger partial charge in [-0.2, -0.15) is 18.4 Å². The van der Waals surface area contributed by atoms with Crippen LogP contribution in [0.1, 0.15) is 12.8 Å². The number of carboxylic acid groups (broad SMARTS) is 1. The highest BCUT2D eigenvalue weighted by Gasteiger charge is 2.39. The average Bonchev–Trinajstić information content (AvgIpc) is 2.08. The minimum absolute atomic E-state index is 0.101. The van der Waals surface area contributed by atoms with E-state index in [1.54, 1.807) is 0 Å². The Bertz CT molecular complexity index is 247. The lowest BCUT2D eigenvalue weighted by Crippen LogP contribution is -2.33. The summed E-state index contributed by atoms with van der Waals surface area (Å²) in [4.78, 5) is 10.1. The summed E-state index contributed by atoms with van der Waals surface area (Å²) < 4.78 is 36.0. The topological polar surface area (TPSA) is 73.1 Å². The maximum atomic E-state index is 12.0. The molecule has 0 aliphatic heterocycles. The SMILES string of the molecule is N#CC(CNCCCC(=O)O)C(F)(F)F. The summed E-state index contributed by atoms with van der Waals surface area (Å²) in [7, 11) is 0. The Balaban J connectivity index is 3.67. The number of hydrogen-bond acceptors (Lipinski definition) is 3. The third kappa shape index (κ3) is 6.74. The predicted octanol–water partition coefficient (Wildman–Crippen LogP) is 1.14. The standard InChI is InChI=1S/C8H11F3N2O2/c9-8(10,11)6(4-12)5-13-3-1-2-7(14)15/h6,13H,1-3,5H2,(H,14,15). The van der Waals surface area contributed by atoms with Gasteiger partial charge in [-0.05, 0) is 13.0 Å². The van der Waals surface area contributed by atoms with Crippen LogP contribution >= 0.6 is 0 Å². The molecule has 7 heteroatoms. The van der Waals surface area contributed by atoms with E-state index in [-0.39, 0.29) is 19.4 Å². The quantitative estimate of drug-likeness (QED) is 0.663. The van der Waals surface area contributed by atoms with Gasteiger partial charge in [0.2, 0.25) is 0 Å². The van der Waals surface area contributed by atoms with Crippen molar-refractivity contribution in [3.63, 3.8) is 0 Å². The van der Waals surface area contributed by atoms with Crippen molar-refractivity contribution < 1.29 is 23.1 Å². The smallest absolute Gasteiger partial charge is 0.405 e. The first-order valence-electron chi connectivity index (χ1n) is 4.26. The molecular formula is C8H11F3N2O2. The molecule has 4 nitrogen and oxygen atoms in total. The van der Waals surface area contributed by atoms with Crippen molar-refractivity contribution in [1.29, 1.82) is 5.26 Å². The molecule has 1 atom stereocenters. The number of alkyl halides is 3. The molecule has 0 amide bonds. The van der Waals surface area contributed by atoms with Crippen LogP contribution in [-0.4, -0.2) is 30.3 Å². The molecule has 1 unspecified atom stereocenters. The molecule has 0 aliphatic rings. The normalized spacial score (nSPS) is 13.2. The summed E-state index contributed by atoms with van der Waals surface area (Å²) in [6, 6.07) is 1.14. The van der Waals surface area contributed by atoms with E-state index in [2.05, 4.69) is 5.32 Å². The largest absolute Gasteiger partial charge is 0.481 e. The zero-order valence-electron chi connectivity index (χ0n) is 7.84. The van der Waals surface area contributed by atoms with Gasteiger partial charge in [-0.1, -0.05) is 0 Å². The van der Waals surface area contributed by atoms with Gasteiger partial charge in [0.25, 0.3) is 0 Å². The Hall–Kier alpha value is -1.29. The van der Waals surface area contributed by atoms with E-state index in [9.17, 15) is 18.0 Å². The van der Waals surface area contributed by atoms with E-state index in [1.807, 2.05) is 0 Å². The first-order valence-corrected chi connectivity index (χ1v) is 4.26. The van der Waals surface area contributed by atoms with Gasteiger partial charge in [0.15, 0.2) is 5.92 Å². The van der Waals surface area contributed by atoms with Crippen molar-refractivity contribution in [1.82, 2.24) is 5.32 Å². The minimum atomic E-state index is -4.53. The van der Waals surface area contributed by atoms with Crippen LogP contribution in [0.25, 0.3) is 0 Å². The lowest BCUT2D eigenvalue weighted by Gasteiger charge is -2.13. The Morgan fingerprint density at radius 1 is 1.53 bits per heavy atom. The maximum absolute atomic E-state index is 12.0. The van der Waals surface area contributed by atoms with Crippen LogP contribution in [0.2, 0.25) is 0 Å². The van der Waals surface area contributed by atoms with E-state index in [1.165, 1.54) is 0 Å². The Morgan fingerprint density at radius 3 is 2.53 bits per heavy atom. The molecule has 0 aromatic rings. The summed E-state index contributed by atoms with van der Waals surface area (Å²) >= 11 is 0. The number of carboxylic acids is 1. The average molecular weight is 224 g/mol. The molecule has 0 saturated carbocycles. The molecule has 86 valence electrons. The van der Waals surface area contributed by atoms with Gasteiger partial charge >= 0.3 is 12.1 Å². The monoisotopic (exact) mass is 224 g/mol. The second-order valence-corrected chi connectivity index (χ2v) is 2.92.